The highest BCUT2D eigenvalue weighted by atomic mass is 16.5. The van der Waals surface area contributed by atoms with Gasteiger partial charge in [0.1, 0.15) is 5.75 Å². The molecule has 21 heavy (non-hydrogen) atoms. The van der Waals surface area contributed by atoms with Gasteiger partial charge in [-0.25, -0.2) is 0 Å². The van der Waals surface area contributed by atoms with Crippen molar-refractivity contribution in [3.8, 4) is 5.75 Å². The molecule has 2 rings (SSSR count). The van der Waals surface area contributed by atoms with Gasteiger partial charge >= 0.3 is 0 Å². The molecule has 2 aromatic carbocycles. The molecule has 0 radical (unpaired) electrons. The van der Waals surface area contributed by atoms with Crippen LogP contribution >= 0.6 is 0 Å². The molecule has 4 heteroatoms. The minimum Gasteiger partial charge on any atom is -0.483 e. The lowest BCUT2D eigenvalue weighted by atomic mass is 10.2. The number of benzene rings is 2. The maximum absolute atomic E-state index is 11.8. The van der Waals surface area contributed by atoms with E-state index in [1.165, 1.54) is 0 Å². The molecule has 2 aromatic rings. The Kier molecular flexibility index (Phi) is 5.79. The van der Waals surface area contributed by atoms with E-state index in [4.69, 9.17) is 4.74 Å². The zero-order valence-corrected chi connectivity index (χ0v) is 12.1. The topological polar surface area (TPSA) is 50.4 Å². The molecular formula is C17H20N2O2. The molecule has 0 bridgehead atoms. The molecule has 0 heterocycles. The van der Waals surface area contributed by atoms with E-state index in [0.29, 0.717) is 13.1 Å². The van der Waals surface area contributed by atoms with Crippen LogP contribution in [0.4, 0.5) is 0 Å². The zero-order valence-electron chi connectivity index (χ0n) is 12.1. The van der Waals surface area contributed by atoms with Gasteiger partial charge in [0.05, 0.1) is 0 Å². The van der Waals surface area contributed by atoms with Gasteiger partial charge in [0.15, 0.2) is 6.61 Å². The van der Waals surface area contributed by atoms with Gasteiger partial charge in [0.2, 0.25) is 0 Å². The Morgan fingerprint density at radius 3 is 2.48 bits per heavy atom. The number of carbonyl (C=O) groups is 1. The van der Waals surface area contributed by atoms with Crippen LogP contribution in [0, 0.1) is 0 Å². The third-order valence-electron chi connectivity index (χ3n) is 3.03. The lowest BCUT2D eigenvalue weighted by molar-refractivity contribution is -0.123. The normalized spacial score (nSPS) is 10.1. The Bertz CT molecular complexity index is 570. The van der Waals surface area contributed by atoms with Crippen molar-refractivity contribution < 1.29 is 9.53 Å². The number of hydrogen-bond donors (Lipinski definition) is 2. The second-order valence-electron chi connectivity index (χ2n) is 4.69. The first-order valence-corrected chi connectivity index (χ1v) is 6.95. The van der Waals surface area contributed by atoms with Gasteiger partial charge in [0, 0.05) is 18.7 Å². The first kappa shape index (κ1) is 15.1. The fourth-order valence-electron chi connectivity index (χ4n) is 1.97. The summed E-state index contributed by atoms with van der Waals surface area (Å²) >= 11 is 0. The van der Waals surface area contributed by atoms with Crippen LogP contribution in [0.2, 0.25) is 0 Å². The van der Waals surface area contributed by atoms with Gasteiger partial charge in [-0.2, -0.15) is 0 Å². The number of amides is 1. The van der Waals surface area contributed by atoms with E-state index in [2.05, 4.69) is 10.6 Å². The van der Waals surface area contributed by atoms with Crippen LogP contribution in [0.1, 0.15) is 11.1 Å². The maximum atomic E-state index is 11.8. The number of ether oxygens (including phenoxy) is 1. The van der Waals surface area contributed by atoms with Gasteiger partial charge in [0.25, 0.3) is 5.91 Å². The number of carbonyl (C=O) groups excluding carboxylic acids is 1. The van der Waals surface area contributed by atoms with Gasteiger partial charge in [-0.1, -0.05) is 48.5 Å². The molecule has 0 unspecified atom stereocenters. The molecule has 0 atom stereocenters. The fraction of sp³-hybridized carbons (Fsp3) is 0.235. The quantitative estimate of drug-likeness (QED) is 0.818. The van der Waals surface area contributed by atoms with Gasteiger partial charge in [-0.05, 0) is 18.7 Å². The molecule has 0 fully saturated rings. The molecular weight excluding hydrogens is 264 g/mol. The molecule has 110 valence electrons. The zero-order chi connectivity index (χ0) is 14.9. The predicted molar refractivity (Wildman–Crippen MR) is 83.0 cm³/mol. The van der Waals surface area contributed by atoms with Gasteiger partial charge in [-0.3, -0.25) is 4.79 Å². The molecule has 0 aliphatic rings. The number of nitrogens with one attached hydrogen (secondary N) is 2. The molecule has 0 aliphatic heterocycles. The predicted octanol–water partition coefficient (Wildman–Crippen LogP) is 2.10. The summed E-state index contributed by atoms with van der Waals surface area (Å²) in [6.45, 7) is 1.25. The largest absolute Gasteiger partial charge is 0.483 e. The van der Waals surface area contributed by atoms with Crippen LogP contribution in [-0.4, -0.2) is 19.6 Å². The molecule has 2 N–H and O–H groups in total. The van der Waals surface area contributed by atoms with E-state index in [9.17, 15) is 4.79 Å². The molecule has 1 amide bonds. The van der Waals surface area contributed by atoms with E-state index < -0.39 is 0 Å². The van der Waals surface area contributed by atoms with E-state index in [-0.39, 0.29) is 12.5 Å². The number of rotatable bonds is 7. The molecule has 0 aromatic heterocycles. The first-order chi connectivity index (χ1) is 10.3. The lowest BCUT2D eigenvalue weighted by Crippen LogP contribution is -2.28. The Labute approximate surface area is 125 Å². The molecule has 0 saturated heterocycles. The molecule has 0 saturated carbocycles. The maximum Gasteiger partial charge on any atom is 0.258 e. The Balaban J connectivity index is 1.81. The Morgan fingerprint density at radius 2 is 1.71 bits per heavy atom. The SMILES string of the molecule is CNCc1ccccc1OCC(=O)NCc1ccccc1. The van der Waals surface area contributed by atoms with Crippen molar-refractivity contribution in [3.05, 3.63) is 65.7 Å². The Hall–Kier alpha value is -2.33. The Morgan fingerprint density at radius 1 is 1.00 bits per heavy atom. The van der Waals surface area contributed by atoms with E-state index in [0.717, 1.165) is 16.9 Å². The smallest absolute Gasteiger partial charge is 0.258 e. The van der Waals surface area contributed by atoms with Crippen molar-refractivity contribution in [2.75, 3.05) is 13.7 Å². The summed E-state index contributed by atoms with van der Waals surface area (Å²) in [5, 5.41) is 5.92. The monoisotopic (exact) mass is 284 g/mol. The average Bonchev–Trinajstić information content (AvgIpc) is 2.53. The summed E-state index contributed by atoms with van der Waals surface area (Å²) in [6.07, 6.45) is 0. The highest BCUT2D eigenvalue weighted by molar-refractivity contribution is 5.77. The summed E-state index contributed by atoms with van der Waals surface area (Å²) in [6, 6.07) is 17.5. The highest BCUT2D eigenvalue weighted by Gasteiger charge is 2.06. The minimum atomic E-state index is -0.127. The fourth-order valence-corrected chi connectivity index (χ4v) is 1.97. The summed E-state index contributed by atoms with van der Waals surface area (Å²) in [5.74, 6) is 0.611. The summed E-state index contributed by atoms with van der Waals surface area (Å²) < 4.78 is 5.59. The summed E-state index contributed by atoms with van der Waals surface area (Å²) in [5.41, 5.74) is 2.11. The van der Waals surface area contributed by atoms with E-state index in [1.54, 1.807) is 0 Å². The van der Waals surface area contributed by atoms with Crippen molar-refractivity contribution in [1.29, 1.82) is 0 Å². The molecule has 0 aliphatic carbocycles. The van der Waals surface area contributed by atoms with E-state index >= 15 is 0 Å². The van der Waals surface area contributed by atoms with Crippen LogP contribution in [0.15, 0.2) is 54.6 Å². The van der Waals surface area contributed by atoms with Crippen LogP contribution in [-0.2, 0) is 17.9 Å². The summed E-state index contributed by atoms with van der Waals surface area (Å²) in [7, 11) is 1.88. The van der Waals surface area contributed by atoms with E-state index in [1.807, 2.05) is 61.6 Å². The van der Waals surface area contributed by atoms with Crippen LogP contribution in [0.5, 0.6) is 5.75 Å². The van der Waals surface area contributed by atoms with Gasteiger partial charge in [-0.15, -0.1) is 0 Å². The highest BCUT2D eigenvalue weighted by Crippen LogP contribution is 2.17. The van der Waals surface area contributed by atoms with Crippen molar-refractivity contribution >= 4 is 5.91 Å². The molecule has 0 spiro atoms. The van der Waals surface area contributed by atoms with Crippen molar-refractivity contribution in [1.82, 2.24) is 10.6 Å². The standard InChI is InChI=1S/C17H20N2O2/c1-18-12-15-9-5-6-10-16(15)21-13-17(20)19-11-14-7-3-2-4-8-14/h2-10,18H,11-13H2,1H3,(H,19,20). The molecule has 4 nitrogen and oxygen atoms in total. The van der Waals surface area contributed by atoms with Crippen LogP contribution in [0.3, 0.4) is 0 Å². The first-order valence-electron chi connectivity index (χ1n) is 6.95. The summed E-state index contributed by atoms with van der Waals surface area (Å²) in [4.78, 5) is 11.8. The second kappa shape index (κ2) is 8.07. The number of para-hydroxylation sites is 1. The van der Waals surface area contributed by atoms with Crippen LogP contribution in [0.25, 0.3) is 0 Å². The minimum absolute atomic E-state index is 0.0214. The number of hydrogen-bond acceptors (Lipinski definition) is 3. The van der Waals surface area contributed by atoms with Crippen molar-refractivity contribution in [2.45, 2.75) is 13.1 Å². The second-order valence-corrected chi connectivity index (χ2v) is 4.69. The van der Waals surface area contributed by atoms with Crippen molar-refractivity contribution in [3.63, 3.8) is 0 Å². The van der Waals surface area contributed by atoms with Gasteiger partial charge < -0.3 is 15.4 Å². The third-order valence-corrected chi connectivity index (χ3v) is 3.03. The lowest BCUT2D eigenvalue weighted by Gasteiger charge is -2.11. The van der Waals surface area contributed by atoms with Crippen molar-refractivity contribution in [2.24, 2.45) is 0 Å². The third kappa shape index (κ3) is 4.93. The van der Waals surface area contributed by atoms with Crippen LogP contribution < -0.4 is 15.4 Å². The average molecular weight is 284 g/mol.